The van der Waals surface area contributed by atoms with Crippen molar-refractivity contribution in [1.29, 1.82) is 0 Å². The molecule has 4 heterocycles. The zero-order chi connectivity index (χ0) is 26.9. The largest absolute Gasteiger partial charge is 0.306 e. The van der Waals surface area contributed by atoms with Gasteiger partial charge < -0.3 is 9.80 Å². The van der Waals surface area contributed by atoms with Crippen LogP contribution in [0.4, 0.5) is 0 Å². The maximum Gasteiger partial charge on any atom is 0.261 e. The number of terminal acetylenes is 1. The molecule has 0 unspecified atom stereocenters. The predicted octanol–water partition coefficient (Wildman–Crippen LogP) is 8.32. The van der Waals surface area contributed by atoms with Crippen LogP contribution in [0.3, 0.4) is 0 Å². The smallest absolute Gasteiger partial charge is 0.261 e. The summed E-state index contributed by atoms with van der Waals surface area (Å²) in [6, 6.07) is 7.91. The molecule has 2 aromatic heterocycles. The predicted molar refractivity (Wildman–Crippen MR) is 161 cm³/mol. The molecule has 6 heteroatoms. The molecule has 0 aliphatic carbocycles. The van der Waals surface area contributed by atoms with Gasteiger partial charge in [0.25, 0.3) is 11.8 Å². The second kappa shape index (κ2) is 14.0. The molecule has 0 atom stereocenters. The molecule has 4 rings (SSSR count). The molecule has 0 aromatic carbocycles. The van der Waals surface area contributed by atoms with Crippen LogP contribution in [-0.4, -0.2) is 34.7 Å². The lowest BCUT2D eigenvalue weighted by Gasteiger charge is -2.24. The lowest BCUT2D eigenvalue weighted by atomic mass is 10.1. The summed E-state index contributed by atoms with van der Waals surface area (Å²) in [6.07, 6.45) is 19.5. The fourth-order valence-electron chi connectivity index (χ4n) is 5.39. The van der Waals surface area contributed by atoms with Crippen molar-refractivity contribution in [1.82, 2.24) is 9.80 Å². The van der Waals surface area contributed by atoms with Crippen LogP contribution in [0.2, 0.25) is 0 Å². The third-order valence-corrected chi connectivity index (χ3v) is 9.29. The Morgan fingerprint density at radius 3 is 1.71 bits per heavy atom. The van der Waals surface area contributed by atoms with Crippen LogP contribution in [0, 0.1) is 12.3 Å². The summed E-state index contributed by atoms with van der Waals surface area (Å²) >= 11 is 3.08. The summed E-state index contributed by atoms with van der Waals surface area (Å²) in [4.78, 5) is 34.6. The highest BCUT2D eigenvalue weighted by atomic mass is 32.1. The van der Waals surface area contributed by atoms with Gasteiger partial charge in [-0.1, -0.05) is 90.0 Å². The van der Waals surface area contributed by atoms with E-state index in [1.54, 1.807) is 11.3 Å². The van der Waals surface area contributed by atoms with E-state index in [9.17, 15) is 9.59 Å². The molecule has 2 aliphatic heterocycles. The second-order valence-electron chi connectivity index (χ2n) is 10.2. The lowest BCUT2D eigenvalue weighted by molar-refractivity contribution is -0.124. The van der Waals surface area contributed by atoms with Gasteiger partial charge in [0.15, 0.2) is 0 Å². The molecular weight excluding hydrogens is 508 g/mol. The Kier molecular flexibility index (Phi) is 10.4. The molecule has 202 valence electrons. The Labute approximate surface area is 236 Å². The van der Waals surface area contributed by atoms with E-state index in [1.165, 1.54) is 62.7 Å². The zero-order valence-electron chi connectivity index (χ0n) is 22.9. The first-order valence-corrected chi connectivity index (χ1v) is 16.0. The van der Waals surface area contributed by atoms with Crippen LogP contribution < -0.4 is 0 Å². The number of nitrogens with zero attached hydrogens (tertiary/aromatic N) is 2. The summed E-state index contributed by atoms with van der Waals surface area (Å²) in [5, 5.41) is 2.02. The molecular formula is C32H40N2O2S2. The van der Waals surface area contributed by atoms with Crippen molar-refractivity contribution in [2.45, 2.75) is 90.9 Å². The lowest BCUT2D eigenvalue weighted by Crippen LogP contribution is -2.30. The van der Waals surface area contributed by atoms with E-state index in [2.05, 4.69) is 19.8 Å². The molecule has 0 saturated heterocycles. The van der Waals surface area contributed by atoms with Crippen LogP contribution in [0.5, 0.6) is 0 Å². The highest BCUT2D eigenvalue weighted by Gasteiger charge is 2.49. The molecule has 0 spiro atoms. The van der Waals surface area contributed by atoms with E-state index in [1.807, 2.05) is 39.4 Å². The molecule has 0 fully saturated rings. The van der Waals surface area contributed by atoms with Crippen molar-refractivity contribution < 1.29 is 9.59 Å². The SMILES string of the molecule is C#Cc1ccc(C2=C3C(=O)N(CCCCCCCC)C(c4cccs4)=C3C(=O)N2CCCCCCCC)s1. The summed E-state index contributed by atoms with van der Waals surface area (Å²) < 4.78 is 0. The number of thiophene rings is 2. The van der Waals surface area contributed by atoms with Gasteiger partial charge in [-0.05, 0) is 36.4 Å². The fourth-order valence-corrected chi connectivity index (χ4v) is 7.05. The monoisotopic (exact) mass is 548 g/mol. The van der Waals surface area contributed by atoms with Crippen LogP contribution in [-0.2, 0) is 9.59 Å². The molecule has 0 radical (unpaired) electrons. The zero-order valence-corrected chi connectivity index (χ0v) is 24.5. The standard InChI is InChI=1S/C32H40N2O2S2/c1-4-7-9-11-13-15-21-33-29(25-18-17-23-37-25)27-28(32(33)36)30(26-20-19-24(6-3)38-26)34(31(27)35)22-16-14-12-10-8-5-2/h3,17-20,23H,4-5,7-16,21-22H2,1-2H3. The average Bonchev–Trinajstić information content (AvgIpc) is 3.71. The number of fused-ring (bicyclic) bond motifs is 1. The third kappa shape index (κ3) is 6.16. The molecule has 4 nitrogen and oxygen atoms in total. The molecule has 0 N–H and O–H groups in total. The van der Waals surface area contributed by atoms with Gasteiger partial charge in [0, 0.05) is 13.1 Å². The summed E-state index contributed by atoms with van der Waals surface area (Å²) in [6.45, 7) is 5.71. The molecule has 38 heavy (non-hydrogen) atoms. The van der Waals surface area contributed by atoms with Crippen molar-refractivity contribution in [2.24, 2.45) is 0 Å². The topological polar surface area (TPSA) is 40.6 Å². The van der Waals surface area contributed by atoms with Crippen LogP contribution >= 0.6 is 22.7 Å². The minimum atomic E-state index is -0.0404. The van der Waals surface area contributed by atoms with Gasteiger partial charge >= 0.3 is 0 Å². The normalized spacial score (nSPS) is 15.3. The summed E-state index contributed by atoms with van der Waals surface area (Å²) in [5.41, 5.74) is 2.71. The number of rotatable bonds is 16. The summed E-state index contributed by atoms with van der Waals surface area (Å²) in [7, 11) is 0. The quantitative estimate of drug-likeness (QED) is 0.156. The number of carbonyl (C=O) groups excluding carboxylic acids is 2. The van der Waals surface area contributed by atoms with Crippen molar-refractivity contribution in [3.8, 4) is 12.3 Å². The van der Waals surface area contributed by atoms with E-state index in [0.717, 1.165) is 51.7 Å². The van der Waals surface area contributed by atoms with E-state index in [4.69, 9.17) is 6.42 Å². The maximum atomic E-state index is 14.1. The van der Waals surface area contributed by atoms with Gasteiger partial charge in [-0.15, -0.1) is 29.1 Å². The number of unbranched alkanes of at least 4 members (excludes halogenated alkanes) is 10. The minimum absolute atomic E-state index is 0.0404. The number of amides is 2. The van der Waals surface area contributed by atoms with Crippen molar-refractivity contribution >= 4 is 45.9 Å². The van der Waals surface area contributed by atoms with E-state index < -0.39 is 0 Å². The highest BCUT2D eigenvalue weighted by Crippen LogP contribution is 2.48. The molecule has 2 aromatic rings. The van der Waals surface area contributed by atoms with Crippen molar-refractivity contribution in [3.63, 3.8) is 0 Å². The van der Waals surface area contributed by atoms with E-state index >= 15 is 0 Å². The van der Waals surface area contributed by atoms with E-state index in [0.29, 0.717) is 24.2 Å². The average molecular weight is 549 g/mol. The van der Waals surface area contributed by atoms with Gasteiger partial charge in [0.2, 0.25) is 0 Å². The van der Waals surface area contributed by atoms with Crippen molar-refractivity contribution in [2.75, 3.05) is 13.1 Å². The Morgan fingerprint density at radius 2 is 1.24 bits per heavy atom. The molecule has 2 amide bonds. The first-order valence-electron chi connectivity index (χ1n) is 14.4. The molecule has 2 aliphatic rings. The third-order valence-electron chi connectivity index (χ3n) is 7.39. The van der Waals surface area contributed by atoms with Crippen LogP contribution in [0.15, 0.2) is 40.8 Å². The fraction of sp³-hybridized carbons (Fsp3) is 0.500. The van der Waals surface area contributed by atoms with Gasteiger partial charge in [0.05, 0.1) is 37.2 Å². The van der Waals surface area contributed by atoms with Crippen LogP contribution in [0.1, 0.15) is 106 Å². The van der Waals surface area contributed by atoms with Gasteiger partial charge in [-0.2, -0.15) is 0 Å². The Bertz CT molecular complexity index is 1210. The Hall–Kier alpha value is -2.62. The van der Waals surface area contributed by atoms with Gasteiger partial charge in [-0.25, -0.2) is 0 Å². The van der Waals surface area contributed by atoms with Gasteiger partial charge in [0.1, 0.15) is 0 Å². The van der Waals surface area contributed by atoms with Gasteiger partial charge in [-0.3, -0.25) is 9.59 Å². The minimum Gasteiger partial charge on any atom is -0.306 e. The first-order chi connectivity index (χ1) is 18.6. The summed E-state index contributed by atoms with van der Waals surface area (Å²) in [5.74, 6) is 2.63. The Balaban J connectivity index is 1.66. The number of hydrogen-bond acceptors (Lipinski definition) is 4. The Morgan fingerprint density at radius 1 is 0.711 bits per heavy atom. The maximum absolute atomic E-state index is 14.1. The van der Waals surface area contributed by atoms with Crippen molar-refractivity contribution in [3.05, 3.63) is 55.4 Å². The first kappa shape index (κ1) is 28.4. The van der Waals surface area contributed by atoms with Crippen LogP contribution in [0.25, 0.3) is 11.4 Å². The number of hydrogen-bond donors (Lipinski definition) is 0. The molecule has 0 bridgehead atoms. The highest BCUT2D eigenvalue weighted by molar-refractivity contribution is 7.13. The van der Waals surface area contributed by atoms with E-state index in [-0.39, 0.29) is 11.8 Å². The molecule has 0 saturated carbocycles. The second-order valence-corrected chi connectivity index (χ2v) is 12.2. The number of carbonyl (C=O) groups is 2.